The van der Waals surface area contributed by atoms with Crippen molar-refractivity contribution < 1.29 is 23.9 Å². The molecule has 0 radical (unpaired) electrons. The molecular formula is C22H22N2O5. The maximum absolute atomic E-state index is 12.2. The lowest BCUT2D eigenvalue weighted by molar-refractivity contribution is -0.147. The summed E-state index contributed by atoms with van der Waals surface area (Å²) in [6.07, 6.45) is 1.63. The number of carbonyl (C=O) groups is 4. The van der Waals surface area contributed by atoms with Crippen molar-refractivity contribution >= 4 is 29.3 Å². The molecule has 7 heteroatoms. The predicted octanol–water partition coefficient (Wildman–Crippen LogP) is 2.42. The Balaban J connectivity index is 1.55. The molecular weight excluding hydrogens is 372 g/mol. The molecule has 7 nitrogen and oxygen atoms in total. The number of para-hydroxylation sites is 1. The molecule has 0 unspecified atom stereocenters. The number of ketones is 1. The Kier molecular flexibility index (Phi) is 6.39. The smallest absolute Gasteiger partial charge is 0.326 e. The van der Waals surface area contributed by atoms with Crippen molar-refractivity contribution in [3.05, 3.63) is 65.7 Å². The number of Topliss-reactive ketones (excluding diaryl/α,β-unsaturated/α-hetero) is 1. The van der Waals surface area contributed by atoms with Crippen LogP contribution in [-0.2, 0) is 19.1 Å². The van der Waals surface area contributed by atoms with Gasteiger partial charge < -0.3 is 10.1 Å². The van der Waals surface area contributed by atoms with E-state index in [1.807, 2.05) is 37.3 Å². The molecule has 0 aliphatic carbocycles. The van der Waals surface area contributed by atoms with Crippen LogP contribution in [0.4, 0.5) is 5.69 Å². The van der Waals surface area contributed by atoms with Gasteiger partial charge in [-0.15, -0.1) is 0 Å². The fraction of sp³-hybridized carbons (Fsp3) is 0.273. The van der Waals surface area contributed by atoms with Crippen LogP contribution in [0.5, 0.6) is 0 Å². The molecule has 0 saturated carbocycles. The molecule has 2 amide bonds. The minimum atomic E-state index is -0.778. The highest BCUT2D eigenvalue weighted by molar-refractivity contribution is 6.52. The number of hydrogen-bond acceptors (Lipinski definition) is 5. The van der Waals surface area contributed by atoms with Crippen molar-refractivity contribution in [3.63, 3.8) is 0 Å². The quantitative estimate of drug-likeness (QED) is 0.548. The molecule has 0 spiro atoms. The van der Waals surface area contributed by atoms with Gasteiger partial charge in [-0.25, -0.2) is 0 Å². The molecule has 1 heterocycles. The van der Waals surface area contributed by atoms with Gasteiger partial charge in [0.1, 0.15) is 6.54 Å². The lowest BCUT2D eigenvalue weighted by Gasteiger charge is -2.19. The third-order valence-electron chi connectivity index (χ3n) is 4.64. The van der Waals surface area contributed by atoms with Gasteiger partial charge in [-0.2, -0.15) is 0 Å². The highest BCUT2D eigenvalue weighted by Crippen LogP contribution is 2.28. The summed E-state index contributed by atoms with van der Waals surface area (Å²) in [5.74, 6) is -2.62. The summed E-state index contributed by atoms with van der Waals surface area (Å²) < 4.78 is 5.02. The lowest BCUT2D eigenvalue weighted by atomic mass is 10.0. The van der Waals surface area contributed by atoms with Crippen LogP contribution in [0.15, 0.2) is 54.6 Å². The van der Waals surface area contributed by atoms with Crippen LogP contribution < -0.4 is 10.2 Å². The number of ether oxygens (including phenoxy) is 1. The largest absolute Gasteiger partial charge is 0.454 e. The first-order chi connectivity index (χ1) is 14.0. The van der Waals surface area contributed by atoms with Gasteiger partial charge in [0.05, 0.1) is 17.3 Å². The third kappa shape index (κ3) is 4.68. The van der Waals surface area contributed by atoms with E-state index in [0.717, 1.165) is 23.3 Å². The van der Waals surface area contributed by atoms with E-state index in [9.17, 15) is 19.2 Å². The van der Waals surface area contributed by atoms with Crippen LogP contribution in [0.3, 0.4) is 0 Å². The van der Waals surface area contributed by atoms with Crippen molar-refractivity contribution in [2.75, 3.05) is 18.1 Å². The Labute approximate surface area is 168 Å². The molecule has 2 aromatic carbocycles. The Morgan fingerprint density at radius 2 is 1.72 bits per heavy atom. The maximum Gasteiger partial charge on any atom is 0.326 e. The second-order valence-electron chi connectivity index (χ2n) is 6.72. The summed E-state index contributed by atoms with van der Waals surface area (Å²) in [7, 11) is 0. The highest BCUT2D eigenvalue weighted by atomic mass is 16.5. The van der Waals surface area contributed by atoms with Gasteiger partial charge in [0.2, 0.25) is 0 Å². The monoisotopic (exact) mass is 394 g/mol. The van der Waals surface area contributed by atoms with Crippen LogP contribution in [-0.4, -0.2) is 36.7 Å². The normalized spacial score (nSPS) is 13.8. The number of nitrogens with zero attached hydrogens (tertiary/aromatic N) is 1. The van der Waals surface area contributed by atoms with Crippen LogP contribution in [0.1, 0.15) is 41.7 Å². The van der Waals surface area contributed by atoms with Crippen molar-refractivity contribution in [2.45, 2.75) is 25.8 Å². The average molecular weight is 394 g/mol. The molecule has 0 aromatic heterocycles. The zero-order valence-electron chi connectivity index (χ0n) is 16.1. The van der Waals surface area contributed by atoms with E-state index in [-0.39, 0.29) is 11.6 Å². The van der Waals surface area contributed by atoms with E-state index in [0.29, 0.717) is 5.69 Å². The minimum absolute atomic E-state index is 0.169. The molecule has 1 aliphatic rings. The van der Waals surface area contributed by atoms with Crippen LogP contribution >= 0.6 is 0 Å². The maximum atomic E-state index is 12.2. The van der Waals surface area contributed by atoms with E-state index in [4.69, 9.17) is 4.74 Å². The fourth-order valence-corrected chi connectivity index (χ4v) is 3.26. The summed E-state index contributed by atoms with van der Waals surface area (Å²) in [6, 6.07) is 15.8. The van der Waals surface area contributed by atoms with Crippen LogP contribution in [0.25, 0.3) is 0 Å². The molecule has 150 valence electrons. The minimum Gasteiger partial charge on any atom is -0.454 e. The predicted molar refractivity (Wildman–Crippen MR) is 106 cm³/mol. The van der Waals surface area contributed by atoms with Gasteiger partial charge in [0.25, 0.3) is 17.6 Å². The van der Waals surface area contributed by atoms with Gasteiger partial charge in [-0.05, 0) is 24.1 Å². The Morgan fingerprint density at radius 1 is 1.03 bits per heavy atom. The zero-order chi connectivity index (χ0) is 20.8. The van der Waals surface area contributed by atoms with Crippen LogP contribution in [0, 0.1) is 0 Å². The number of anilines is 1. The number of fused-ring (bicyclic) bond motifs is 1. The molecule has 1 aliphatic heterocycles. The van der Waals surface area contributed by atoms with E-state index < -0.39 is 36.7 Å². The Hall–Kier alpha value is -3.48. The van der Waals surface area contributed by atoms with E-state index in [2.05, 4.69) is 5.32 Å². The second kappa shape index (κ2) is 9.14. The topological polar surface area (TPSA) is 92.8 Å². The Bertz CT molecular complexity index is 926. The standard InChI is InChI=1S/C22H22N2O5/c1-2-8-17(15-9-4-3-5-10-15)23-19(25)14-29-20(26)13-24-18-12-7-6-11-16(18)21(27)22(24)28/h3-7,9-12,17H,2,8,13-14H2,1H3,(H,23,25)/t17-/m1/s1. The van der Waals surface area contributed by atoms with Crippen LogP contribution in [0.2, 0.25) is 0 Å². The molecule has 29 heavy (non-hydrogen) atoms. The summed E-state index contributed by atoms with van der Waals surface area (Å²) in [5.41, 5.74) is 1.61. The molecule has 1 N–H and O–H groups in total. The number of nitrogens with one attached hydrogen (secondary N) is 1. The molecule has 1 atom stereocenters. The SMILES string of the molecule is CCC[C@@H](NC(=O)COC(=O)CN1C(=O)C(=O)c2ccccc21)c1ccccc1. The van der Waals surface area contributed by atoms with Crippen molar-refractivity contribution in [3.8, 4) is 0 Å². The van der Waals surface area contributed by atoms with Crippen molar-refractivity contribution in [1.82, 2.24) is 5.32 Å². The first-order valence-corrected chi connectivity index (χ1v) is 9.46. The van der Waals surface area contributed by atoms with Gasteiger partial charge in [-0.3, -0.25) is 24.1 Å². The van der Waals surface area contributed by atoms with E-state index in [1.54, 1.807) is 18.2 Å². The second-order valence-corrected chi connectivity index (χ2v) is 6.72. The first-order valence-electron chi connectivity index (χ1n) is 9.46. The number of esters is 1. The Morgan fingerprint density at radius 3 is 2.45 bits per heavy atom. The number of hydrogen-bond donors (Lipinski definition) is 1. The number of benzene rings is 2. The van der Waals surface area contributed by atoms with Gasteiger partial charge >= 0.3 is 5.97 Å². The average Bonchev–Trinajstić information content (AvgIpc) is 2.98. The van der Waals surface area contributed by atoms with Crippen molar-refractivity contribution in [1.29, 1.82) is 0 Å². The summed E-state index contributed by atoms with van der Waals surface area (Å²) in [4.78, 5) is 49.5. The molecule has 0 fully saturated rings. The number of rotatable bonds is 8. The first kappa shape index (κ1) is 20.3. The highest BCUT2D eigenvalue weighted by Gasteiger charge is 2.36. The molecule has 0 bridgehead atoms. The van der Waals surface area contributed by atoms with Gasteiger partial charge in [-0.1, -0.05) is 55.8 Å². The van der Waals surface area contributed by atoms with E-state index >= 15 is 0 Å². The molecule has 3 rings (SSSR count). The number of carbonyl (C=O) groups excluding carboxylic acids is 4. The summed E-state index contributed by atoms with van der Waals surface area (Å²) >= 11 is 0. The number of amides is 2. The van der Waals surface area contributed by atoms with Crippen molar-refractivity contribution in [2.24, 2.45) is 0 Å². The van der Waals surface area contributed by atoms with E-state index in [1.165, 1.54) is 6.07 Å². The fourth-order valence-electron chi connectivity index (χ4n) is 3.26. The zero-order valence-corrected chi connectivity index (χ0v) is 16.1. The molecule has 2 aromatic rings. The van der Waals surface area contributed by atoms with Gasteiger partial charge in [0.15, 0.2) is 6.61 Å². The molecule has 0 saturated heterocycles. The van der Waals surface area contributed by atoms with Gasteiger partial charge in [0, 0.05) is 0 Å². The third-order valence-corrected chi connectivity index (χ3v) is 4.64. The summed E-state index contributed by atoms with van der Waals surface area (Å²) in [5, 5.41) is 2.86. The lowest BCUT2D eigenvalue weighted by Crippen LogP contribution is -2.37. The summed E-state index contributed by atoms with van der Waals surface area (Å²) in [6.45, 7) is 1.14.